The molecule has 1 aliphatic rings. The van der Waals surface area contributed by atoms with Crippen LogP contribution in [0.4, 0.5) is 5.69 Å². The quantitative estimate of drug-likeness (QED) is 0.833. The maximum Gasteiger partial charge on any atom is 0.238 e. The largest absolute Gasteiger partial charge is 0.497 e. The molecular weight excluding hydrogens is 256 g/mol. The molecule has 2 atom stereocenters. The number of amides is 1. The van der Waals surface area contributed by atoms with E-state index in [1.54, 1.807) is 14.2 Å². The number of carbonyl (C=O) groups is 1. The van der Waals surface area contributed by atoms with Crippen molar-refractivity contribution in [2.75, 3.05) is 26.1 Å². The molecule has 1 aromatic rings. The highest BCUT2D eigenvalue weighted by Gasteiger charge is 2.24. The number of benzene rings is 1. The summed E-state index contributed by atoms with van der Waals surface area (Å²) in [5.74, 6) is 0.744. The highest BCUT2D eigenvalue weighted by Crippen LogP contribution is 2.21. The van der Waals surface area contributed by atoms with Crippen LogP contribution in [0.15, 0.2) is 24.3 Å². The molecule has 1 aliphatic carbocycles. The van der Waals surface area contributed by atoms with E-state index in [2.05, 4.69) is 10.6 Å². The van der Waals surface area contributed by atoms with Crippen molar-refractivity contribution in [2.45, 2.75) is 31.4 Å². The number of ether oxygens (including phenoxy) is 2. The number of methoxy groups -OCH3 is 2. The Hall–Kier alpha value is -1.59. The topological polar surface area (TPSA) is 59.6 Å². The minimum absolute atomic E-state index is 0.0315. The van der Waals surface area contributed by atoms with E-state index in [1.165, 1.54) is 0 Å². The van der Waals surface area contributed by atoms with Gasteiger partial charge in [0.05, 0.1) is 19.8 Å². The van der Waals surface area contributed by atoms with Crippen molar-refractivity contribution < 1.29 is 14.3 Å². The van der Waals surface area contributed by atoms with Crippen LogP contribution < -0.4 is 15.4 Å². The van der Waals surface area contributed by atoms with Crippen molar-refractivity contribution in [3.05, 3.63) is 24.3 Å². The van der Waals surface area contributed by atoms with Crippen LogP contribution >= 0.6 is 0 Å². The summed E-state index contributed by atoms with van der Waals surface area (Å²) in [6, 6.07) is 7.67. The van der Waals surface area contributed by atoms with Crippen LogP contribution in [0.2, 0.25) is 0 Å². The van der Waals surface area contributed by atoms with E-state index in [0.717, 1.165) is 30.7 Å². The van der Waals surface area contributed by atoms with Gasteiger partial charge < -0.3 is 20.1 Å². The number of hydrogen-bond acceptors (Lipinski definition) is 4. The Labute approximate surface area is 119 Å². The molecular formula is C15H22N2O3. The van der Waals surface area contributed by atoms with Crippen molar-refractivity contribution in [3.63, 3.8) is 0 Å². The van der Waals surface area contributed by atoms with Crippen LogP contribution in [0.3, 0.4) is 0 Å². The van der Waals surface area contributed by atoms with Gasteiger partial charge in [-0.05, 0) is 43.5 Å². The lowest BCUT2D eigenvalue weighted by molar-refractivity contribution is -0.115. The van der Waals surface area contributed by atoms with Crippen molar-refractivity contribution in [1.29, 1.82) is 0 Å². The normalized spacial score (nSPS) is 21.7. The molecule has 1 amide bonds. The summed E-state index contributed by atoms with van der Waals surface area (Å²) < 4.78 is 10.4. The highest BCUT2D eigenvalue weighted by molar-refractivity contribution is 5.92. The fourth-order valence-electron chi connectivity index (χ4n) is 2.46. The minimum Gasteiger partial charge on any atom is -0.497 e. The Morgan fingerprint density at radius 2 is 2.00 bits per heavy atom. The second-order valence-electron chi connectivity index (χ2n) is 5.03. The van der Waals surface area contributed by atoms with Gasteiger partial charge in [-0.2, -0.15) is 0 Å². The van der Waals surface area contributed by atoms with Crippen molar-refractivity contribution in [1.82, 2.24) is 5.32 Å². The Kier molecular flexibility index (Phi) is 5.38. The molecule has 0 heterocycles. The number of carbonyl (C=O) groups excluding carboxylic acids is 1. The maximum atomic E-state index is 11.8. The van der Waals surface area contributed by atoms with Crippen molar-refractivity contribution in [3.8, 4) is 5.75 Å². The van der Waals surface area contributed by atoms with E-state index in [-0.39, 0.29) is 5.91 Å². The molecule has 110 valence electrons. The zero-order chi connectivity index (χ0) is 14.4. The SMILES string of the molecule is COc1ccc(NC(=O)CNC2CCC(OC)C2)cc1. The molecule has 2 N–H and O–H groups in total. The van der Waals surface area contributed by atoms with Crippen LogP contribution in [0.5, 0.6) is 5.75 Å². The Balaban J connectivity index is 1.72. The van der Waals surface area contributed by atoms with Crippen LogP contribution in [-0.2, 0) is 9.53 Å². The molecule has 0 aromatic heterocycles. The summed E-state index contributed by atoms with van der Waals surface area (Å²) >= 11 is 0. The van der Waals surface area contributed by atoms with Gasteiger partial charge >= 0.3 is 0 Å². The van der Waals surface area contributed by atoms with Gasteiger partial charge in [0.2, 0.25) is 5.91 Å². The van der Waals surface area contributed by atoms with E-state index >= 15 is 0 Å². The predicted octanol–water partition coefficient (Wildman–Crippen LogP) is 1.79. The predicted molar refractivity (Wildman–Crippen MR) is 78.1 cm³/mol. The standard InChI is InChI=1S/C15H22N2O3/c1-19-13-6-3-11(4-7-13)17-15(18)10-16-12-5-8-14(9-12)20-2/h3-4,6-7,12,14,16H,5,8-10H2,1-2H3,(H,17,18). The zero-order valence-corrected chi connectivity index (χ0v) is 12.0. The molecule has 5 nitrogen and oxygen atoms in total. The number of nitrogens with one attached hydrogen (secondary N) is 2. The third-order valence-electron chi connectivity index (χ3n) is 3.64. The second-order valence-corrected chi connectivity index (χ2v) is 5.03. The van der Waals surface area contributed by atoms with Gasteiger partial charge in [-0.25, -0.2) is 0 Å². The monoisotopic (exact) mass is 278 g/mol. The minimum atomic E-state index is -0.0315. The number of hydrogen-bond donors (Lipinski definition) is 2. The lowest BCUT2D eigenvalue weighted by atomic mass is 10.2. The fraction of sp³-hybridized carbons (Fsp3) is 0.533. The van der Waals surface area contributed by atoms with Gasteiger partial charge in [0.1, 0.15) is 5.75 Å². The first-order valence-corrected chi connectivity index (χ1v) is 6.91. The van der Waals surface area contributed by atoms with Gasteiger partial charge in [-0.15, -0.1) is 0 Å². The second kappa shape index (κ2) is 7.26. The van der Waals surface area contributed by atoms with Crippen LogP contribution in [0, 0.1) is 0 Å². The summed E-state index contributed by atoms with van der Waals surface area (Å²) in [5.41, 5.74) is 0.777. The van der Waals surface area contributed by atoms with E-state index in [9.17, 15) is 4.79 Å². The third kappa shape index (κ3) is 4.21. The first-order valence-electron chi connectivity index (χ1n) is 6.91. The molecule has 2 unspecified atom stereocenters. The van der Waals surface area contributed by atoms with Crippen LogP contribution in [0.1, 0.15) is 19.3 Å². The number of rotatable bonds is 6. The molecule has 0 saturated heterocycles. The molecule has 1 saturated carbocycles. The molecule has 5 heteroatoms. The lowest BCUT2D eigenvalue weighted by Gasteiger charge is -2.13. The van der Waals surface area contributed by atoms with Gasteiger partial charge in [0.15, 0.2) is 0 Å². The first-order chi connectivity index (χ1) is 9.71. The summed E-state index contributed by atoms with van der Waals surface area (Å²) in [6.45, 7) is 0.327. The third-order valence-corrected chi connectivity index (χ3v) is 3.64. The summed E-state index contributed by atoms with van der Waals surface area (Å²) in [5, 5.41) is 6.13. The summed E-state index contributed by atoms with van der Waals surface area (Å²) in [6.07, 6.45) is 3.44. The lowest BCUT2D eigenvalue weighted by Crippen LogP contribution is -2.35. The first kappa shape index (κ1) is 14.8. The molecule has 1 fully saturated rings. The average molecular weight is 278 g/mol. The molecule has 20 heavy (non-hydrogen) atoms. The molecule has 0 spiro atoms. The molecule has 0 aliphatic heterocycles. The van der Waals surface area contributed by atoms with Gasteiger partial charge in [0, 0.05) is 18.8 Å². The zero-order valence-electron chi connectivity index (χ0n) is 12.0. The van der Waals surface area contributed by atoms with Crippen molar-refractivity contribution in [2.24, 2.45) is 0 Å². The summed E-state index contributed by atoms with van der Waals surface area (Å²) in [4.78, 5) is 11.8. The van der Waals surface area contributed by atoms with Gasteiger partial charge in [-0.3, -0.25) is 4.79 Å². The number of anilines is 1. The molecule has 0 radical (unpaired) electrons. The highest BCUT2D eigenvalue weighted by atomic mass is 16.5. The molecule has 1 aromatic carbocycles. The average Bonchev–Trinajstić information content (AvgIpc) is 2.94. The van der Waals surface area contributed by atoms with E-state index in [0.29, 0.717) is 18.7 Å². The molecule has 2 rings (SSSR count). The Morgan fingerprint density at radius 3 is 2.60 bits per heavy atom. The fourth-order valence-corrected chi connectivity index (χ4v) is 2.46. The molecule has 0 bridgehead atoms. The van der Waals surface area contributed by atoms with Gasteiger partial charge in [0.25, 0.3) is 0 Å². The van der Waals surface area contributed by atoms with Gasteiger partial charge in [-0.1, -0.05) is 0 Å². The van der Waals surface area contributed by atoms with Crippen LogP contribution in [0.25, 0.3) is 0 Å². The van der Waals surface area contributed by atoms with Crippen molar-refractivity contribution >= 4 is 11.6 Å². The summed E-state index contributed by atoms with van der Waals surface area (Å²) in [7, 11) is 3.36. The Bertz CT molecular complexity index is 433. The van der Waals surface area contributed by atoms with E-state index < -0.39 is 0 Å². The van der Waals surface area contributed by atoms with Crippen LogP contribution in [-0.4, -0.2) is 38.8 Å². The van der Waals surface area contributed by atoms with E-state index in [1.807, 2.05) is 24.3 Å². The smallest absolute Gasteiger partial charge is 0.238 e. The Morgan fingerprint density at radius 1 is 1.25 bits per heavy atom. The van der Waals surface area contributed by atoms with E-state index in [4.69, 9.17) is 9.47 Å². The maximum absolute atomic E-state index is 11.8.